The standard InChI is InChI=1S/C17H24BrN/c1-2-3-4-5-6-7-8-12-19-13-11-15-14-16(18)9-10-17(15)19/h9-11,13-14H,2-8,12H2,1H3. The van der Waals surface area contributed by atoms with Crippen molar-refractivity contribution < 1.29 is 0 Å². The largest absolute Gasteiger partial charge is 0.347 e. The van der Waals surface area contributed by atoms with Gasteiger partial charge in [0.2, 0.25) is 0 Å². The third-order valence-corrected chi connectivity index (χ3v) is 4.23. The summed E-state index contributed by atoms with van der Waals surface area (Å²) in [6.07, 6.45) is 11.8. The topological polar surface area (TPSA) is 4.93 Å². The van der Waals surface area contributed by atoms with Crippen LogP contribution in [0.15, 0.2) is 34.9 Å². The summed E-state index contributed by atoms with van der Waals surface area (Å²) in [4.78, 5) is 0. The molecule has 2 aromatic rings. The van der Waals surface area contributed by atoms with E-state index in [1.807, 2.05) is 0 Å². The number of unbranched alkanes of at least 4 members (excludes halogenated alkanes) is 6. The van der Waals surface area contributed by atoms with Gasteiger partial charge < -0.3 is 4.57 Å². The number of hydrogen-bond acceptors (Lipinski definition) is 0. The van der Waals surface area contributed by atoms with Crippen LogP contribution < -0.4 is 0 Å². The highest BCUT2D eigenvalue weighted by Crippen LogP contribution is 2.21. The van der Waals surface area contributed by atoms with Crippen molar-refractivity contribution in [2.75, 3.05) is 0 Å². The van der Waals surface area contributed by atoms with Crippen molar-refractivity contribution in [1.82, 2.24) is 4.57 Å². The van der Waals surface area contributed by atoms with Crippen LogP contribution in [0.5, 0.6) is 0 Å². The van der Waals surface area contributed by atoms with Gasteiger partial charge in [-0.2, -0.15) is 0 Å². The molecular formula is C17H24BrN. The Hall–Kier alpha value is -0.760. The number of benzene rings is 1. The van der Waals surface area contributed by atoms with Crippen LogP contribution in [0, 0.1) is 0 Å². The lowest BCUT2D eigenvalue weighted by atomic mass is 10.1. The normalized spacial score (nSPS) is 11.3. The Kier molecular flexibility index (Phi) is 5.96. The summed E-state index contributed by atoms with van der Waals surface area (Å²) >= 11 is 3.53. The van der Waals surface area contributed by atoms with Gasteiger partial charge in [0.25, 0.3) is 0 Å². The summed E-state index contributed by atoms with van der Waals surface area (Å²) in [5.41, 5.74) is 1.36. The maximum absolute atomic E-state index is 3.53. The number of fused-ring (bicyclic) bond motifs is 1. The molecule has 0 radical (unpaired) electrons. The van der Waals surface area contributed by atoms with Crippen molar-refractivity contribution in [2.45, 2.75) is 58.4 Å². The lowest BCUT2D eigenvalue weighted by molar-refractivity contribution is 0.556. The fourth-order valence-electron chi connectivity index (χ4n) is 2.61. The van der Waals surface area contributed by atoms with Crippen LogP contribution in [-0.2, 0) is 6.54 Å². The molecule has 0 aliphatic rings. The molecule has 0 unspecified atom stereocenters. The number of aromatic nitrogens is 1. The Morgan fingerprint density at radius 2 is 1.68 bits per heavy atom. The second kappa shape index (κ2) is 7.74. The van der Waals surface area contributed by atoms with E-state index in [9.17, 15) is 0 Å². The minimum absolute atomic E-state index is 1.15. The molecule has 0 N–H and O–H groups in total. The smallest absolute Gasteiger partial charge is 0.0481 e. The molecule has 0 bridgehead atoms. The molecule has 0 aliphatic carbocycles. The summed E-state index contributed by atoms with van der Waals surface area (Å²) < 4.78 is 3.54. The van der Waals surface area contributed by atoms with Crippen molar-refractivity contribution in [3.05, 3.63) is 34.9 Å². The highest BCUT2D eigenvalue weighted by Gasteiger charge is 2.01. The number of halogens is 1. The SMILES string of the molecule is CCCCCCCCCn1ccc2cc(Br)ccc21. The van der Waals surface area contributed by atoms with Gasteiger partial charge in [0, 0.05) is 28.1 Å². The van der Waals surface area contributed by atoms with Crippen LogP contribution in [0.3, 0.4) is 0 Å². The van der Waals surface area contributed by atoms with Crippen LogP contribution in [-0.4, -0.2) is 4.57 Å². The summed E-state index contributed by atoms with van der Waals surface area (Å²) in [6.45, 7) is 3.43. The maximum atomic E-state index is 3.53. The van der Waals surface area contributed by atoms with Gasteiger partial charge in [0.15, 0.2) is 0 Å². The summed E-state index contributed by atoms with van der Waals surface area (Å²) in [5, 5.41) is 1.33. The first kappa shape index (κ1) is 14.6. The molecule has 0 atom stereocenters. The van der Waals surface area contributed by atoms with Gasteiger partial charge >= 0.3 is 0 Å². The fraction of sp³-hybridized carbons (Fsp3) is 0.529. The lowest BCUT2D eigenvalue weighted by Crippen LogP contribution is -1.95. The fourth-order valence-corrected chi connectivity index (χ4v) is 2.98. The molecular weight excluding hydrogens is 298 g/mol. The molecule has 19 heavy (non-hydrogen) atoms. The van der Waals surface area contributed by atoms with Crippen molar-refractivity contribution in [3.8, 4) is 0 Å². The van der Waals surface area contributed by atoms with Gasteiger partial charge in [0.05, 0.1) is 0 Å². The van der Waals surface area contributed by atoms with Gasteiger partial charge in [0.1, 0.15) is 0 Å². The highest BCUT2D eigenvalue weighted by molar-refractivity contribution is 9.10. The van der Waals surface area contributed by atoms with Crippen molar-refractivity contribution in [1.29, 1.82) is 0 Å². The Balaban J connectivity index is 1.76. The average Bonchev–Trinajstić information content (AvgIpc) is 2.80. The van der Waals surface area contributed by atoms with Crippen LogP contribution in [0.1, 0.15) is 51.9 Å². The first-order valence-corrected chi connectivity index (χ1v) is 8.35. The van der Waals surface area contributed by atoms with E-state index < -0.39 is 0 Å². The molecule has 0 spiro atoms. The van der Waals surface area contributed by atoms with Crippen LogP contribution >= 0.6 is 15.9 Å². The molecule has 104 valence electrons. The molecule has 2 rings (SSSR count). The minimum Gasteiger partial charge on any atom is -0.347 e. The van der Waals surface area contributed by atoms with E-state index in [0.29, 0.717) is 0 Å². The lowest BCUT2D eigenvalue weighted by Gasteiger charge is -2.05. The van der Waals surface area contributed by atoms with E-state index in [1.165, 1.54) is 55.8 Å². The second-order valence-electron chi connectivity index (χ2n) is 5.33. The molecule has 1 aromatic carbocycles. The number of aryl methyl sites for hydroxylation is 1. The molecule has 0 saturated heterocycles. The van der Waals surface area contributed by atoms with E-state index >= 15 is 0 Å². The Morgan fingerprint density at radius 1 is 0.947 bits per heavy atom. The van der Waals surface area contributed by atoms with Crippen LogP contribution in [0.2, 0.25) is 0 Å². The number of hydrogen-bond donors (Lipinski definition) is 0. The zero-order valence-electron chi connectivity index (χ0n) is 11.9. The Labute approximate surface area is 125 Å². The summed E-state index contributed by atoms with van der Waals surface area (Å²) in [6, 6.07) is 8.74. The Bertz CT molecular complexity index is 501. The van der Waals surface area contributed by atoms with Crippen molar-refractivity contribution in [3.63, 3.8) is 0 Å². The quantitative estimate of drug-likeness (QED) is 0.513. The minimum atomic E-state index is 1.15. The zero-order chi connectivity index (χ0) is 13.5. The predicted octanol–water partition coefficient (Wildman–Crippen LogP) is 6.15. The number of nitrogens with zero attached hydrogens (tertiary/aromatic N) is 1. The first-order valence-electron chi connectivity index (χ1n) is 7.55. The molecule has 1 aromatic heterocycles. The van der Waals surface area contributed by atoms with Gasteiger partial charge in [-0.25, -0.2) is 0 Å². The summed E-state index contributed by atoms with van der Waals surface area (Å²) in [7, 11) is 0. The number of rotatable bonds is 8. The highest BCUT2D eigenvalue weighted by atomic mass is 79.9. The van der Waals surface area contributed by atoms with Crippen molar-refractivity contribution >= 4 is 26.8 Å². The van der Waals surface area contributed by atoms with E-state index in [1.54, 1.807) is 0 Å². The average molecular weight is 322 g/mol. The van der Waals surface area contributed by atoms with Crippen molar-refractivity contribution in [2.24, 2.45) is 0 Å². The third-order valence-electron chi connectivity index (χ3n) is 3.74. The van der Waals surface area contributed by atoms with E-state index in [-0.39, 0.29) is 0 Å². The van der Waals surface area contributed by atoms with E-state index in [4.69, 9.17) is 0 Å². The maximum Gasteiger partial charge on any atom is 0.0481 e. The molecule has 0 fully saturated rings. The monoisotopic (exact) mass is 321 g/mol. The van der Waals surface area contributed by atoms with Gasteiger partial charge in [-0.15, -0.1) is 0 Å². The predicted molar refractivity (Wildman–Crippen MR) is 87.6 cm³/mol. The summed E-state index contributed by atoms with van der Waals surface area (Å²) in [5.74, 6) is 0. The molecule has 0 saturated carbocycles. The van der Waals surface area contributed by atoms with Gasteiger partial charge in [-0.1, -0.05) is 61.4 Å². The third kappa shape index (κ3) is 4.38. The second-order valence-corrected chi connectivity index (χ2v) is 6.25. The molecule has 1 nitrogen and oxygen atoms in total. The van der Waals surface area contributed by atoms with Gasteiger partial charge in [-0.3, -0.25) is 0 Å². The van der Waals surface area contributed by atoms with Gasteiger partial charge in [-0.05, 0) is 30.7 Å². The molecule has 0 aliphatic heterocycles. The van der Waals surface area contributed by atoms with Crippen LogP contribution in [0.4, 0.5) is 0 Å². The molecule has 0 amide bonds. The van der Waals surface area contributed by atoms with E-state index in [2.05, 4.69) is 57.9 Å². The molecule has 1 heterocycles. The zero-order valence-corrected chi connectivity index (χ0v) is 13.5. The van der Waals surface area contributed by atoms with Crippen LogP contribution in [0.25, 0.3) is 10.9 Å². The van der Waals surface area contributed by atoms with E-state index in [0.717, 1.165) is 11.0 Å². The first-order chi connectivity index (χ1) is 9.31. The Morgan fingerprint density at radius 3 is 2.47 bits per heavy atom. The molecule has 2 heteroatoms.